The maximum Gasteiger partial charge on any atom is 0.251 e. The molecule has 6 nitrogen and oxygen atoms in total. The quantitative estimate of drug-likeness (QED) is 0.744. The molecule has 2 saturated heterocycles. The zero-order valence-corrected chi connectivity index (χ0v) is 19.7. The number of carbonyl (C=O) groups excluding carboxylic acids is 1. The van der Waals surface area contributed by atoms with Crippen LogP contribution in [0, 0.1) is 19.8 Å². The van der Waals surface area contributed by atoms with Crippen LogP contribution < -0.4 is 5.32 Å². The zero-order chi connectivity index (χ0) is 21.9. The predicted molar refractivity (Wildman–Crippen MR) is 120 cm³/mol. The Balaban J connectivity index is 1.75. The number of nitrogens with zero attached hydrogens (tertiary/aromatic N) is 2. The highest BCUT2D eigenvalue weighted by molar-refractivity contribution is 7.89. The molecule has 0 aliphatic carbocycles. The highest BCUT2D eigenvalue weighted by atomic mass is 32.2. The third-order valence-electron chi connectivity index (χ3n) is 6.70. The molecule has 2 aliphatic heterocycles. The number of piperidine rings is 2. The van der Waals surface area contributed by atoms with E-state index in [0.29, 0.717) is 24.6 Å². The molecule has 3 rings (SSSR count). The molecule has 0 unspecified atom stereocenters. The van der Waals surface area contributed by atoms with Crippen molar-refractivity contribution in [3.05, 3.63) is 28.8 Å². The van der Waals surface area contributed by atoms with E-state index in [9.17, 15) is 13.2 Å². The molecule has 168 valence electrons. The van der Waals surface area contributed by atoms with Crippen LogP contribution in [-0.2, 0) is 10.0 Å². The van der Waals surface area contributed by atoms with Gasteiger partial charge in [-0.05, 0) is 81.7 Å². The van der Waals surface area contributed by atoms with Crippen LogP contribution in [0.25, 0.3) is 0 Å². The van der Waals surface area contributed by atoms with Gasteiger partial charge in [-0.15, -0.1) is 0 Å². The first-order valence-electron chi connectivity index (χ1n) is 11.4. The number of benzene rings is 1. The van der Waals surface area contributed by atoms with Gasteiger partial charge >= 0.3 is 0 Å². The Kier molecular flexibility index (Phi) is 7.58. The molecule has 2 heterocycles. The van der Waals surface area contributed by atoms with Gasteiger partial charge in [-0.25, -0.2) is 8.42 Å². The van der Waals surface area contributed by atoms with E-state index in [2.05, 4.69) is 24.1 Å². The summed E-state index contributed by atoms with van der Waals surface area (Å²) < 4.78 is 28.2. The molecule has 2 aliphatic rings. The monoisotopic (exact) mass is 435 g/mol. The van der Waals surface area contributed by atoms with Crippen molar-refractivity contribution >= 4 is 15.9 Å². The summed E-state index contributed by atoms with van der Waals surface area (Å²) in [5, 5.41) is 3.13. The average Bonchev–Trinajstić information content (AvgIpc) is 2.71. The maximum atomic E-state index is 13.3. The fraction of sp³-hybridized carbons (Fsp3) is 0.696. The minimum Gasteiger partial charge on any atom is -0.349 e. The lowest BCUT2D eigenvalue weighted by Gasteiger charge is -2.32. The summed E-state index contributed by atoms with van der Waals surface area (Å²) in [7, 11) is -3.59. The molecule has 30 heavy (non-hydrogen) atoms. The van der Waals surface area contributed by atoms with Gasteiger partial charge in [0.25, 0.3) is 5.91 Å². The summed E-state index contributed by atoms with van der Waals surface area (Å²) in [5.41, 5.74) is 2.01. The topological polar surface area (TPSA) is 69.7 Å². The number of amides is 1. The predicted octanol–water partition coefficient (Wildman–Crippen LogP) is 3.33. The third kappa shape index (κ3) is 5.24. The molecule has 0 saturated carbocycles. The smallest absolute Gasteiger partial charge is 0.251 e. The van der Waals surface area contributed by atoms with Gasteiger partial charge in [-0.1, -0.05) is 13.8 Å². The number of likely N-dealkylation sites (tertiary alicyclic amines) is 1. The normalized spacial score (nSPS) is 20.4. The van der Waals surface area contributed by atoms with Crippen LogP contribution in [0.5, 0.6) is 0 Å². The number of aryl methyl sites for hydroxylation is 1. The summed E-state index contributed by atoms with van der Waals surface area (Å²) in [6.07, 6.45) is 4.79. The van der Waals surface area contributed by atoms with Crippen LogP contribution >= 0.6 is 0 Å². The van der Waals surface area contributed by atoms with Crippen molar-refractivity contribution in [3.63, 3.8) is 0 Å². The Bertz CT molecular complexity index is 853. The van der Waals surface area contributed by atoms with E-state index in [1.165, 1.54) is 0 Å². The number of hydrogen-bond donors (Lipinski definition) is 1. The lowest BCUT2D eigenvalue weighted by molar-refractivity contribution is 0.0911. The molecule has 0 spiro atoms. The molecule has 2 fully saturated rings. The van der Waals surface area contributed by atoms with E-state index in [4.69, 9.17) is 0 Å². The van der Waals surface area contributed by atoms with Crippen molar-refractivity contribution < 1.29 is 13.2 Å². The molecule has 7 heteroatoms. The second-order valence-corrected chi connectivity index (χ2v) is 11.0. The van der Waals surface area contributed by atoms with E-state index in [1.807, 2.05) is 19.9 Å². The first-order chi connectivity index (χ1) is 14.2. The molecule has 0 radical (unpaired) electrons. The van der Waals surface area contributed by atoms with Crippen molar-refractivity contribution in [1.29, 1.82) is 0 Å². The summed E-state index contributed by atoms with van der Waals surface area (Å²) >= 11 is 0. The first kappa shape index (κ1) is 23.2. The van der Waals surface area contributed by atoms with E-state index < -0.39 is 10.0 Å². The van der Waals surface area contributed by atoms with Crippen molar-refractivity contribution in [2.24, 2.45) is 5.92 Å². The minimum absolute atomic E-state index is 0.149. The van der Waals surface area contributed by atoms with Crippen molar-refractivity contribution in [3.8, 4) is 0 Å². The Morgan fingerprint density at radius 1 is 1.07 bits per heavy atom. The van der Waals surface area contributed by atoms with Crippen molar-refractivity contribution in [2.75, 3.05) is 32.7 Å². The van der Waals surface area contributed by atoms with Crippen LogP contribution in [0.3, 0.4) is 0 Å². The van der Waals surface area contributed by atoms with Crippen LogP contribution in [0.2, 0.25) is 0 Å². The van der Waals surface area contributed by atoms with Crippen LogP contribution in [-0.4, -0.2) is 62.3 Å². The molecule has 1 N–H and O–H groups in total. The van der Waals surface area contributed by atoms with Crippen LogP contribution in [0.15, 0.2) is 17.0 Å². The molecule has 1 aromatic rings. The number of carbonyl (C=O) groups is 1. The fourth-order valence-electron chi connectivity index (χ4n) is 4.48. The largest absolute Gasteiger partial charge is 0.349 e. The van der Waals surface area contributed by atoms with Crippen LogP contribution in [0.4, 0.5) is 0 Å². The highest BCUT2D eigenvalue weighted by Crippen LogP contribution is 2.28. The number of sulfonamides is 1. The zero-order valence-electron chi connectivity index (χ0n) is 18.9. The lowest BCUT2D eigenvalue weighted by Crippen LogP contribution is -2.44. The summed E-state index contributed by atoms with van der Waals surface area (Å²) in [6.45, 7) is 12.3. The number of rotatable bonds is 6. The second-order valence-electron chi connectivity index (χ2n) is 9.09. The first-order valence-corrected chi connectivity index (χ1v) is 12.8. The van der Waals surface area contributed by atoms with E-state index >= 15 is 0 Å². The van der Waals surface area contributed by atoms with E-state index in [0.717, 1.165) is 62.9 Å². The summed E-state index contributed by atoms with van der Waals surface area (Å²) in [6, 6.07) is 3.54. The molecule has 0 atom stereocenters. The van der Waals surface area contributed by atoms with E-state index in [1.54, 1.807) is 10.4 Å². The minimum atomic E-state index is -3.59. The molecule has 0 bridgehead atoms. The highest BCUT2D eigenvalue weighted by Gasteiger charge is 2.31. The van der Waals surface area contributed by atoms with Gasteiger partial charge in [0.2, 0.25) is 10.0 Å². The Hall–Kier alpha value is -1.44. The molecule has 1 amide bonds. The van der Waals surface area contributed by atoms with Gasteiger partial charge in [0.1, 0.15) is 0 Å². The van der Waals surface area contributed by atoms with E-state index in [-0.39, 0.29) is 16.8 Å². The SMILES string of the molecule is CCCN1CCC(NC(=O)c2cc(C)c(C)c(S(=O)(=O)N3CCC(C)CC3)c2)CC1. The summed E-state index contributed by atoms with van der Waals surface area (Å²) in [4.78, 5) is 15.7. The average molecular weight is 436 g/mol. The van der Waals surface area contributed by atoms with Crippen molar-refractivity contribution in [1.82, 2.24) is 14.5 Å². The second kappa shape index (κ2) is 9.79. The fourth-order valence-corrected chi connectivity index (χ4v) is 6.27. The maximum absolute atomic E-state index is 13.3. The summed E-state index contributed by atoms with van der Waals surface area (Å²) in [5.74, 6) is 0.385. The molecular weight excluding hydrogens is 398 g/mol. The number of hydrogen-bond acceptors (Lipinski definition) is 4. The van der Waals surface area contributed by atoms with Gasteiger partial charge < -0.3 is 10.2 Å². The number of nitrogens with one attached hydrogen (secondary N) is 1. The van der Waals surface area contributed by atoms with Gasteiger partial charge in [-0.3, -0.25) is 4.79 Å². The van der Waals surface area contributed by atoms with Crippen LogP contribution in [0.1, 0.15) is 67.4 Å². The van der Waals surface area contributed by atoms with Gasteiger partial charge in [0, 0.05) is 37.8 Å². The Labute approximate surface area is 182 Å². The van der Waals surface area contributed by atoms with Gasteiger partial charge in [-0.2, -0.15) is 4.31 Å². The Morgan fingerprint density at radius 3 is 2.30 bits per heavy atom. The standard InChI is InChI=1S/C23H37N3O3S/c1-5-10-25-11-8-21(9-12-25)24-23(27)20-15-18(3)19(4)22(16-20)30(28,29)26-13-6-17(2)7-14-26/h15-17,21H,5-14H2,1-4H3,(H,24,27). The van der Waals surface area contributed by atoms with Gasteiger partial charge in [0.15, 0.2) is 0 Å². The molecule has 1 aromatic carbocycles. The lowest BCUT2D eigenvalue weighted by atomic mass is 10.0. The molecular formula is C23H37N3O3S. The van der Waals surface area contributed by atoms with Crippen molar-refractivity contribution in [2.45, 2.75) is 70.7 Å². The molecule has 0 aromatic heterocycles. The van der Waals surface area contributed by atoms with Gasteiger partial charge in [0.05, 0.1) is 4.90 Å². The third-order valence-corrected chi connectivity index (χ3v) is 8.73. The Morgan fingerprint density at radius 2 is 1.70 bits per heavy atom.